The summed E-state index contributed by atoms with van der Waals surface area (Å²) in [7, 11) is 0. The maximum Gasteiger partial charge on any atom is 0.314 e. The summed E-state index contributed by atoms with van der Waals surface area (Å²) in [6.45, 7) is 10.5. The number of hydrogen-bond acceptors (Lipinski definition) is 2. The van der Waals surface area contributed by atoms with Crippen LogP contribution in [0.2, 0.25) is 0 Å². The molecule has 1 unspecified atom stereocenters. The summed E-state index contributed by atoms with van der Waals surface area (Å²) < 4.78 is 5.67. The van der Waals surface area contributed by atoms with Crippen molar-refractivity contribution in [3.05, 3.63) is 29.3 Å². The minimum absolute atomic E-state index is 0. The molecule has 1 aromatic carbocycles. The zero-order valence-electron chi connectivity index (χ0n) is 16.4. The predicted octanol–water partition coefficient (Wildman–Crippen LogP) is 7.44. The molecule has 0 aliphatic rings. The average molecular weight is 349 g/mol. The molecule has 0 radical (unpaired) electrons. The van der Waals surface area contributed by atoms with Crippen LogP contribution in [0.4, 0.5) is 0 Å². The Labute approximate surface area is 156 Å². The number of hydrogen-bond donors (Lipinski definition) is 0. The quantitative estimate of drug-likeness (QED) is 0.236. The maximum absolute atomic E-state index is 12.3. The first-order valence-corrected chi connectivity index (χ1v) is 9.78. The lowest BCUT2D eigenvalue weighted by Gasteiger charge is -2.14. The minimum atomic E-state index is -0.0926. The molecule has 1 rings (SSSR count). The number of benzene rings is 1. The summed E-state index contributed by atoms with van der Waals surface area (Å²) >= 11 is 0. The molecular weight excluding hydrogens is 308 g/mol. The largest absolute Gasteiger partial charge is 0.426 e. The second-order valence-electron chi connectivity index (χ2n) is 7.41. The van der Waals surface area contributed by atoms with E-state index in [9.17, 15) is 4.79 Å². The Kier molecular flexibility index (Phi) is 12.3. The van der Waals surface area contributed by atoms with Crippen LogP contribution < -0.4 is 4.74 Å². The number of aryl methyl sites for hydroxylation is 1. The highest BCUT2D eigenvalue weighted by atomic mass is 16.5. The molecular formula is C23H40O2. The van der Waals surface area contributed by atoms with E-state index in [0.717, 1.165) is 24.2 Å². The Morgan fingerprint density at radius 3 is 2.20 bits per heavy atom. The van der Waals surface area contributed by atoms with E-state index in [1.165, 1.54) is 44.1 Å². The van der Waals surface area contributed by atoms with Gasteiger partial charge in [0.15, 0.2) is 0 Å². The van der Waals surface area contributed by atoms with Gasteiger partial charge in [-0.05, 0) is 36.5 Å². The first-order valence-electron chi connectivity index (χ1n) is 9.78. The van der Waals surface area contributed by atoms with E-state index >= 15 is 0 Å². The van der Waals surface area contributed by atoms with Crippen LogP contribution in [0.25, 0.3) is 0 Å². The summed E-state index contributed by atoms with van der Waals surface area (Å²) in [6.07, 6.45) is 9.87. The molecule has 2 nitrogen and oxygen atoms in total. The van der Waals surface area contributed by atoms with Crippen LogP contribution in [0.5, 0.6) is 5.75 Å². The number of ether oxygens (including phenoxy) is 1. The van der Waals surface area contributed by atoms with Gasteiger partial charge in [0.1, 0.15) is 5.75 Å². The van der Waals surface area contributed by atoms with Crippen LogP contribution in [0, 0.1) is 12.8 Å². The topological polar surface area (TPSA) is 26.3 Å². The fourth-order valence-corrected chi connectivity index (χ4v) is 2.82. The van der Waals surface area contributed by atoms with Gasteiger partial charge in [0, 0.05) is 0 Å². The van der Waals surface area contributed by atoms with Gasteiger partial charge in [-0.2, -0.15) is 0 Å². The third kappa shape index (κ3) is 9.09. The zero-order chi connectivity index (χ0) is 17.9. The van der Waals surface area contributed by atoms with Crippen molar-refractivity contribution in [2.75, 3.05) is 0 Å². The Hall–Kier alpha value is -1.31. The lowest BCUT2D eigenvalue weighted by molar-refractivity contribution is -0.138. The van der Waals surface area contributed by atoms with Crippen LogP contribution >= 0.6 is 0 Å². The standard InChI is InChI=1S/C22H36O2.CH4/c1-6-7-8-9-10-11-12-13-19(5)22(23)24-21-16-20(17(2)3)15-14-18(21)4;/h14-17,19H,6-13H2,1-5H3;1H4. The van der Waals surface area contributed by atoms with E-state index in [1.807, 2.05) is 26.0 Å². The van der Waals surface area contributed by atoms with Crippen LogP contribution in [-0.2, 0) is 4.79 Å². The number of carbonyl (C=O) groups is 1. The lowest BCUT2D eigenvalue weighted by atomic mass is 10.0. The van der Waals surface area contributed by atoms with Crippen molar-refractivity contribution >= 4 is 5.97 Å². The molecule has 0 heterocycles. The number of carbonyl (C=O) groups excluding carboxylic acids is 1. The smallest absolute Gasteiger partial charge is 0.314 e. The molecule has 0 saturated heterocycles. The maximum atomic E-state index is 12.3. The second-order valence-corrected chi connectivity index (χ2v) is 7.41. The predicted molar refractivity (Wildman–Crippen MR) is 109 cm³/mol. The monoisotopic (exact) mass is 348 g/mol. The van der Waals surface area contributed by atoms with E-state index in [4.69, 9.17) is 4.74 Å². The highest BCUT2D eigenvalue weighted by Crippen LogP contribution is 2.25. The molecule has 1 atom stereocenters. The van der Waals surface area contributed by atoms with E-state index < -0.39 is 0 Å². The Bertz CT molecular complexity index is 491. The average Bonchev–Trinajstić information content (AvgIpc) is 2.55. The molecule has 0 amide bonds. The number of esters is 1. The Morgan fingerprint density at radius 2 is 1.60 bits per heavy atom. The first kappa shape index (κ1) is 23.7. The zero-order valence-corrected chi connectivity index (χ0v) is 16.4. The van der Waals surface area contributed by atoms with Crippen molar-refractivity contribution < 1.29 is 9.53 Å². The molecule has 0 saturated carbocycles. The van der Waals surface area contributed by atoms with E-state index in [1.54, 1.807) is 0 Å². The third-order valence-corrected chi connectivity index (χ3v) is 4.73. The number of unbranched alkanes of at least 4 members (excludes halogenated alkanes) is 6. The van der Waals surface area contributed by atoms with Crippen LogP contribution in [0.1, 0.15) is 104 Å². The van der Waals surface area contributed by atoms with Crippen molar-refractivity contribution in [3.63, 3.8) is 0 Å². The van der Waals surface area contributed by atoms with Crippen LogP contribution in [0.15, 0.2) is 18.2 Å². The Morgan fingerprint density at radius 1 is 1.00 bits per heavy atom. The van der Waals surface area contributed by atoms with Gasteiger partial charge in [0.25, 0.3) is 0 Å². The fraction of sp³-hybridized carbons (Fsp3) is 0.696. The molecule has 0 fully saturated rings. The van der Waals surface area contributed by atoms with Crippen molar-refractivity contribution in [1.82, 2.24) is 0 Å². The van der Waals surface area contributed by atoms with Crippen LogP contribution in [-0.4, -0.2) is 5.97 Å². The molecule has 0 N–H and O–H groups in total. The molecule has 0 bridgehead atoms. The van der Waals surface area contributed by atoms with Gasteiger partial charge in [0.05, 0.1) is 5.92 Å². The van der Waals surface area contributed by atoms with Gasteiger partial charge in [0.2, 0.25) is 0 Å². The molecule has 144 valence electrons. The van der Waals surface area contributed by atoms with E-state index in [2.05, 4.69) is 26.8 Å². The van der Waals surface area contributed by atoms with Crippen molar-refractivity contribution in [2.24, 2.45) is 5.92 Å². The van der Waals surface area contributed by atoms with E-state index in [-0.39, 0.29) is 19.3 Å². The van der Waals surface area contributed by atoms with Gasteiger partial charge in [-0.25, -0.2) is 0 Å². The van der Waals surface area contributed by atoms with Gasteiger partial charge >= 0.3 is 5.97 Å². The lowest BCUT2D eigenvalue weighted by Crippen LogP contribution is -2.18. The minimum Gasteiger partial charge on any atom is -0.426 e. The molecule has 2 heteroatoms. The summed E-state index contributed by atoms with van der Waals surface area (Å²) in [5.74, 6) is 1.04. The number of rotatable bonds is 11. The normalized spacial score (nSPS) is 11.9. The van der Waals surface area contributed by atoms with Crippen LogP contribution in [0.3, 0.4) is 0 Å². The summed E-state index contributed by atoms with van der Waals surface area (Å²) in [5, 5.41) is 0. The van der Waals surface area contributed by atoms with Gasteiger partial charge in [-0.3, -0.25) is 4.79 Å². The molecule has 0 spiro atoms. The summed E-state index contributed by atoms with van der Waals surface area (Å²) in [6, 6.07) is 6.16. The summed E-state index contributed by atoms with van der Waals surface area (Å²) in [4.78, 5) is 12.3. The van der Waals surface area contributed by atoms with E-state index in [0.29, 0.717) is 5.92 Å². The SMILES string of the molecule is C.CCCCCCCCCC(C)C(=O)Oc1cc(C(C)C)ccc1C. The summed E-state index contributed by atoms with van der Waals surface area (Å²) in [5.41, 5.74) is 2.24. The molecule has 0 aliphatic carbocycles. The highest BCUT2D eigenvalue weighted by Gasteiger charge is 2.16. The molecule has 0 aromatic heterocycles. The van der Waals surface area contributed by atoms with Crippen molar-refractivity contribution in [2.45, 2.75) is 99.3 Å². The van der Waals surface area contributed by atoms with Crippen molar-refractivity contribution in [3.8, 4) is 5.75 Å². The molecule has 1 aromatic rings. The molecule has 0 aliphatic heterocycles. The van der Waals surface area contributed by atoms with Crippen molar-refractivity contribution in [1.29, 1.82) is 0 Å². The highest BCUT2D eigenvalue weighted by molar-refractivity contribution is 5.75. The second kappa shape index (κ2) is 13.0. The fourth-order valence-electron chi connectivity index (χ4n) is 2.82. The van der Waals surface area contributed by atoms with Gasteiger partial charge < -0.3 is 4.74 Å². The van der Waals surface area contributed by atoms with Gasteiger partial charge in [-0.1, -0.05) is 92.2 Å². The molecule has 25 heavy (non-hydrogen) atoms. The first-order chi connectivity index (χ1) is 11.5. The Balaban J connectivity index is 0.00000576. The third-order valence-electron chi connectivity index (χ3n) is 4.73. The van der Waals surface area contributed by atoms with Gasteiger partial charge in [-0.15, -0.1) is 0 Å².